The summed E-state index contributed by atoms with van der Waals surface area (Å²) in [6, 6.07) is 0.251. The Kier molecular flexibility index (Phi) is 5.15. The van der Waals surface area contributed by atoms with Crippen LogP contribution in [-0.4, -0.2) is 44.3 Å². The first kappa shape index (κ1) is 11.7. The molecule has 1 aliphatic rings. The van der Waals surface area contributed by atoms with Crippen molar-refractivity contribution in [3.05, 3.63) is 11.6 Å². The predicted octanol–water partition coefficient (Wildman–Crippen LogP) is 1.00. The molecule has 0 bridgehead atoms. The summed E-state index contributed by atoms with van der Waals surface area (Å²) < 4.78 is 5.01. The Morgan fingerprint density at radius 3 is 3.07 bits per heavy atom. The summed E-state index contributed by atoms with van der Waals surface area (Å²) >= 11 is 0. The number of hydrogen-bond acceptors (Lipinski definition) is 3. The van der Waals surface area contributed by atoms with Crippen LogP contribution in [0.25, 0.3) is 0 Å². The number of nitrogens with two attached hydrogens (primary N) is 1. The lowest BCUT2D eigenvalue weighted by atomic mass is 10.1. The lowest BCUT2D eigenvalue weighted by Gasteiger charge is -2.28. The second kappa shape index (κ2) is 6.17. The molecule has 0 aromatic rings. The van der Waals surface area contributed by atoms with Crippen molar-refractivity contribution in [2.45, 2.75) is 25.8 Å². The molecule has 82 valence electrons. The summed E-state index contributed by atoms with van der Waals surface area (Å²) in [7, 11) is 1.72. The zero-order valence-electron chi connectivity index (χ0n) is 9.33. The zero-order valence-corrected chi connectivity index (χ0v) is 9.33. The van der Waals surface area contributed by atoms with Crippen molar-refractivity contribution < 1.29 is 4.74 Å². The Balaban J connectivity index is 2.20. The normalized spacial score (nSPS) is 20.6. The van der Waals surface area contributed by atoms with Crippen LogP contribution >= 0.6 is 0 Å². The molecule has 1 atom stereocenters. The van der Waals surface area contributed by atoms with Crippen LogP contribution in [-0.2, 0) is 4.74 Å². The van der Waals surface area contributed by atoms with Gasteiger partial charge in [0.05, 0.1) is 0 Å². The molecule has 0 saturated heterocycles. The molecule has 0 aliphatic carbocycles. The summed E-state index contributed by atoms with van der Waals surface area (Å²) in [5.74, 6) is 0. The van der Waals surface area contributed by atoms with Gasteiger partial charge in [-0.1, -0.05) is 11.6 Å². The van der Waals surface area contributed by atoms with E-state index in [1.54, 1.807) is 7.11 Å². The molecule has 0 fully saturated rings. The van der Waals surface area contributed by atoms with Crippen molar-refractivity contribution in [3.8, 4) is 0 Å². The van der Waals surface area contributed by atoms with Gasteiger partial charge in [-0.3, -0.25) is 4.90 Å². The highest BCUT2D eigenvalue weighted by atomic mass is 16.5. The molecule has 0 aromatic carbocycles. The fraction of sp³-hybridized carbons (Fsp3) is 0.818. The third kappa shape index (κ3) is 4.22. The summed E-state index contributed by atoms with van der Waals surface area (Å²) in [5.41, 5.74) is 7.46. The molecule has 1 aliphatic heterocycles. The minimum absolute atomic E-state index is 0.251. The van der Waals surface area contributed by atoms with E-state index in [1.807, 2.05) is 0 Å². The molecule has 0 amide bonds. The fourth-order valence-corrected chi connectivity index (χ4v) is 1.84. The van der Waals surface area contributed by atoms with E-state index in [0.717, 1.165) is 32.7 Å². The van der Waals surface area contributed by atoms with Gasteiger partial charge in [-0.15, -0.1) is 0 Å². The fourth-order valence-electron chi connectivity index (χ4n) is 1.84. The molecule has 0 spiro atoms. The van der Waals surface area contributed by atoms with Gasteiger partial charge in [-0.2, -0.15) is 0 Å². The van der Waals surface area contributed by atoms with Crippen molar-refractivity contribution in [3.63, 3.8) is 0 Å². The van der Waals surface area contributed by atoms with Gasteiger partial charge in [-0.25, -0.2) is 0 Å². The highest BCUT2D eigenvalue weighted by Crippen LogP contribution is 2.09. The van der Waals surface area contributed by atoms with Gasteiger partial charge < -0.3 is 10.5 Å². The standard InChI is InChI=1S/C11H22N2O/c1-10-4-3-6-13(8-10)9-11(12)5-7-14-2/h4,11H,3,5-9,12H2,1-2H3. The summed E-state index contributed by atoms with van der Waals surface area (Å²) in [4.78, 5) is 2.43. The van der Waals surface area contributed by atoms with E-state index >= 15 is 0 Å². The minimum Gasteiger partial charge on any atom is -0.385 e. The molecule has 3 nitrogen and oxygen atoms in total. The molecule has 1 rings (SSSR count). The average molecular weight is 198 g/mol. The molecule has 0 saturated carbocycles. The summed E-state index contributed by atoms with van der Waals surface area (Å²) in [6.07, 6.45) is 4.44. The van der Waals surface area contributed by atoms with Crippen molar-refractivity contribution in [1.29, 1.82) is 0 Å². The molecular weight excluding hydrogens is 176 g/mol. The Labute approximate surface area is 86.9 Å². The Hall–Kier alpha value is -0.380. The Bertz CT molecular complexity index is 192. The van der Waals surface area contributed by atoms with Crippen molar-refractivity contribution in [1.82, 2.24) is 4.90 Å². The number of ether oxygens (including phenoxy) is 1. The zero-order chi connectivity index (χ0) is 10.4. The maximum atomic E-state index is 5.99. The Morgan fingerprint density at radius 2 is 2.43 bits per heavy atom. The third-order valence-corrected chi connectivity index (χ3v) is 2.60. The quantitative estimate of drug-likeness (QED) is 0.670. The molecule has 0 radical (unpaired) electrons. The largest absolute Gasteiger partial charge is 0.385 e. The van der Waals surface area contributed by atoms with Gasteiger partial charge in [0, 0.05) is 39.4 Å². The highest BCUT2D eigenvalue weighted by molar-refractivity contribution is 5.04. The van der Waals surface area contributed by atoms with Crippen molar-refractivity contribution >= 4 is 0 Å². The SMILES string of the molecule is COCCC(N)CN1CCC=C(C)C1. The molecule has 3 heteroatoms. The van der Waals surface area contributed by atoms with Crippen LogP contribution in [0.1, 0.15) is 19.8 Å². The van der Waals surface area contributed by atoms with Gasteiger partial charge in [0.15, 0.2) is 0 Å². The molecule has 1 heterocycles. The predicted molar refractivity (Wildman–Crippen MR) is 59.3 cm³/mol. The average Bonchev–Trinajstić information content (AvgIpc) is 2.15. The molecule has 1 unspecified atom stereocenters. The van der Waals surface area contributed by atoms with Crippen LogP contribution in [0.2, 0.25) is 0 Å². The van der Waals surface area contributed by atoms with Gasteiger partial charge in [0.25, 0.3) is 0 Å². The lowest BCUT2D eigenvalue weighted by molar-refractivity contribution is 0.176. The second-order valence-electron chi connectivity index (χ2n) is 4.12. The molecule has 2 N–H and O–H groups in total. The first-order valence-corrected chi connectivity index (χ1v) is 5.35. The van der Waals surface area contributed by atoms with E-state index in [1.165, 1.54) is 12.0 Å². The van der Waals surface area contributed by atoms with Gasteiger partial charge in [0.1, 0.15) is 0 Å². The molecule has 14 heavy (non-hydrogen) atoms. The van der Waals surface area contributed by atoms with Crippen molar-refractivity contribution in [2.75, 3.05) is 33.4 Å². The van der Waals surface area contributed by atoms with Crippen LogP contribution < -0.4 is 5.73 Å². The lowest BCUT2D eigenvalue weighted by Crippen LogP contribution is -2.40. The van der Waals surface area contributed by atoms with Crippen molar-refractivity contribution in [2.24, 2.45) is 5.73 Å². The van der Waals surface area contributed by atoms with E-state index in [4.69, 9.17) is 10.5 Å². The van der Waals surface area contributed by atoms with E-state index < -0.39 is 0 Å². The number of rotatable bonds is 5. The van der Waals surface area contributed by atoms with Crippen LogP contribution in [0.4, 0.5) is 0 Å². The Morgan fingerprint density at radius 1 is 1.64 bits per heavy atom. The first-order valence-electron chi connectivity index (χ1n) is 5.35. The topological polar surface area (TPSA) is 38.5 Å². The number of nitrogens with zero attached hydrogens (tertiary/aromatic N) is 1. The minimum atomic E-state index is 0.251. The van der Waals surface area contributed by atoms with E-state index in [2.05, 4.69) is 17.9 Å². The molecule has 0 aromatic heterocycles. The number of hydrogen-bond donors (Lipinski definition) is 1. The van der Waals surface area contributed by atoms with Gasteiger partial charge >= 0.3 is 0 Å². The smallest absolute Gasteiger partial charge is 0.0477 e. The van der Waals surface area contributed by atoms with Crippen LogP contribution in [0, 0.1) is 0 Å². The third-order valence-electron chi connectivity index (χ3n) is 2.60. The van der Waals surface area contributed by atoms with Gasteiger partial charge in [0.2, 0.25) is 0 Å². The monoisotopic (exact) mass is 198 g/mol. The molecular formula is C11H22N2O. The van der Waals surface area contributed by atoms with E-state index in [0.29, 0.717) is 0 Å². The van der Waals surface area contributed by atoms with E-state index in [9.17, 15) is 0 Å². The van der Waals surface area contributed by atoms with Crippen LogP contribution in [0.15, 0.2) is 11.6 Å². The summed E-state index contributed by atoms with van der Waals surface area (Å²) in [6.45, 7) is 6.18. The van der Waals surface area contributed by atoms with E-state index in [-0.39, 0.29) is 6.04 Å². The van der Waals surface area contributed by atoms with Crippen LogP contribution in [0.5, 0.6) is 0 Å². The summed E-state index contributed by atoms with van der Waals surface area (Å²) in [5, 5.41) is 0. The first-order chi connectivity index (χ1) is 6.72. The maximum absolute atomic E-state index is 5.99. The maximum Gasteiger partial charge on any atom is 0.0477 e. The number of methoxy groups -OCH3 is 1. The second-order valence-corrected chi connectivity index (χ2v) is 4.12. The highest BCUT2D eigenvalue weighted by Gasteiger charge is 2.13. The van der Waals surface area contributed by atoms with Crippen LogP contribution in [0.3, 0.4) is 0 Å². The van der Waals surface area contributed by atoms with Gasteiger partial charge in [-0.05, 0) is 19.8 Å².